The van der Waals surface area contributed by atoms with E-state index in [2.05, 4.69) is 4.98 Å². The zero-order valence-electron chi connectivity index (χ0n) is 16.6. The van der Waals surface area contributed by atoms with Crippen LogP contribution in [-0.4, -0.2) is 33.5 Å². The number of hydrogen-bond acceptors (Lipinski definition) is 4. The first-order valence-electron chi connectivity index (χ1n) is 9.78. The molecule has 0 fully saturated rings. The van der Waals surface area contributed by atoms with Crippen LogP contribution in [0.15, 0.2) is 67.0 Å². The van der Waals surface area contributed by atoms with Gasteiger partial charge in [-0.05, 0) is 65.1 Å². The third kappa shape index (κ3) is 4.51. The zero-order chi connectivity index (χ0) is 21.8. The Balaban J connectivity index is 1.67. The average Bonchev–Trinajstić information content (AvgIpc) is 2.82. The molecule has 2 aromatic carbocycles. The maximum atomic E-state index is 13.5. The Morgan fingerprint density at radius 3 is 2.55 bits per heavy atom. The molecular weight excluding hydrogens is 397 g/mol. The van der Waals surface area contributed by atoms with Gasteiger partial charge in [0, 0.05) is 36.6 Å². The van der Waals surface area contributed by atoms with Crippen molar-refractivity contribution in [2.45, 2.75) is 13.0 Å². The first kappa shape index (κ1) is 20.4. The van der Waals surface area contributed by atoms with Crippen LogP contribution in [0, 0.1) is 5.82 Å². The van der Waals surface area contributed by atoms with Crippen LogP contribution in [-0.2, 0) is 17.8 Å². The molecule has 0 bridgehead atoms. The number of amides is 2. The van der Waals surface area contributed by atoms with Gasteiger partial charge in [-0.15, -0.1) is 0 Å². The van der Waals surface area contributed by atoms with E-state index in [4.69, 9.17) is 5.21 Å². The van der Waals surface area contributed by atoms with Gasteiger partial charge in [0.25, 0.3) is 11.8 Å². The quantitative estimate of drug-likeness (QED) is 0.387. The molecule has 2 heterocycles. The highest BCUT2D eigenvalue weighted by Crippen LogP contribution is 2.26. The standard InChI is InChI=1S/C24H20FN3O3/c25-21-7-5-18(6-8-21)22(12-16-2-1-10-26-14-16)24(30)28-11-9-17-3-4-19(23(29)27-31)13-20(17)15-28/h1-8,10,12-14,31H,9,11,15H2,(H,27,29)/b22-12-. The molecule has 0 radical (unpaired) electrons. The fraction of sp³-hybridized carbons (Fsp3) is 0.125. The molecule has 0 saturated carbocycles. The Hall–Kier alpha value is -3.84. The minimum absolute atomic E-state index is 0.196. The van der Waals surface area contributed by atoms with Crippen LogP contribution in [0.3, 0.4) is 0 Å². The largest absolute Gasteiger partial charge is 0.334 e. The molecule has 0 saturated heterocycles. The predicted octanol–water partition coefficient (Wildman–Crippen LogP) is 3.47. The van der Waals surface area contributed by atoms with Crippen molar-refractivity contribution >= 4 is 23.5 Å². The predicted molar refractivity (Wildman–Crippen MR) is 113 cm³/mol. The molecule has 1 aliphatic heterocycles. The number of hydrogen-bond donors (Lipinski definition) is 2. The maximum Gasteiger partial charge on any atom is 0.274 e. The van der Waals surface area contributed by atoms with Crippen molar-refractivity contribution in [2.75, 3.05) is 6.54 Å². The Morgan fingerprint density at radius 2 is 1.84 bits per heavy atom. The molecular formula is C24H20FN3O3. The van der Waals surface area contributed by atoms with Gasteiger partial charge in [0.2, 0.25) is 0 Å². The van der Waals surface area contributed by atoms with Crippen LogP contribution in [0.2, 0.25) is 0 Å². The summed E-state index contributed by atoms with van der Waals surface area (Å²) in [5.41, 5.74) is 5.65. The molecule has 3 aromatic rings. The highest BCUT2D eigenvalue weighted by Gasteiger charge is 2.25. The SMILES string of the molecule is O=C(NO)c1ccc2c(c1)CN(C(=O)/C(=C\c1cccnc1)c1ccc(F)cc1)CC2. The van der Waals surface area contributed by atoms with E-state index in [9.17, 15) is 14.0 Å². The molecule has 1 aromatic heterocycles. The van der Waals surface area contributed by atoms with Crippen molar-refractivity contribution in [2.24, 2.45) is 0 Å². The molecule has 2 N–H and O–H groups in total. The van der Waals surface area contributed by atoms with E-state index in [0.29, 0.717) is 36.2 Å². The lowest BCUT2D eigenvalue weighted by molar-refractivity contribution is -0.125. The van der Waals surface area contributed by atoms with Gasteiger partial charge in [0.15, 0.2) is 0 Å². The highest BCUT2D eigenvalue weighted by atomic mass is 19.1. The highest BCUT2D eigenvalue weighted by molar-refractivity contribution is 6.24. The molecule has 31 heavy (non-hydrogen) atoms. The smallest absolute Gasteiger partial charge is 0.274 e. The van der Waals surface area contributed by atoms with Gasteiger partial charge < -0.3 is 4.90 Å². The number of hydroxylamine groups is 1. The van der Waals surface area contributed by atoms with Gasteiger partial charge in [0.1, 0.15) is 5.82 Å². The molecule has 4 rings (SSSR count). The van der Waals surface area contributed by atoms with Gasteiger partial charge in [0.05, 0.1) is 0 Å². The van der Waals surface area contributed by atoms with E-state index < -0.39 is 5.91 Å². The number of nitrogens with one attached hydrogen (secondary N) is 1. The molecule has 0 aliphatic carbocycles. The third-order valence-corrected chi connectivity index (χ3v) is 5.25. The number of benzene rings is 2. The van der Waals surface area contributed by atoms with E-state index in [1.165, 1.54) is 12.1 Å². The molecule has 6 nitrogen and oxygen atoms in total. The van der Waals surface area contributed by atoms with Crippen molar-refractivity contribution in [3.05, 3.63) is 101 Å². The third-order valence-electron chi connectivity index (χ3n) is 5.25. The van der Waals surface area contributed by atoms with E-state index in [-0.39, 0.29) is 11.7 Å². The minimum atomic E-state index is -0.602. The van der Waals surface area contributed by atoms with Crippen molar-refractivity contribution in [1.29, 1.82) is 0 Å². The summed E-state index contributed by atoms with van der Waals surface area (Å²) in [6, 6.07) is 14.6. The number of carbonyl (C=O) groups excluding carboxylic acids is 2. The first-order valence-corrected chi connectivity index (χ1v) is 9.78. The zero-order valence-corrected chi connectivity index (χ0v) is 16.6. The Morgan fingerprint density at radius 1 is 1.06 bits per heavy atom. The number of nitrogens with zero attached hydrogens (tertiary/aromatic N) is 2. The number of pyridine rings is 1. The maximum absolute atomic E-state index is 13.5. The Kier molecular flexibility index (Phi) is 5.86. The summed E-state index contributed by atoms with van der Waals surface area (Å²) in [5, 5.41) is 8.89. The minimum Gasteiger partial charge on any atom is -0.334 e. The van der Waals surface area contributed by atoms with Crippen molar-refractivity contribution in [3.63, 3.8) is 0 Å². The van der Waals surface area contributed by atoms with Gasteiger partial charge in [-0.2, -0.15) is 0 Å². The van der Waals surface area contributed by atoms with E-state index in [1.807, 2.05) is 12.1 Å². The van der Waals surface area contributed by atoms with Crippen LogP contribution < -0.4 is 5.48 Å². The number of aromatic nitrogens is 1. The van der Waals surface area contributed by atoms with Crippen LogP contribution in [0.5, 0.6) is 0 Å². The summed E-state index contributed by atoms with van der Waals surface area (Å²) in [4.78, 5) is 31.0. The Labute approximate surface area is 178 Å². The molecule has 156 valence electrons. The van der Waals surface area contributed by atoms with Crippen molar-refractivity contribution in [3.8, 4) is 0 Å². The number of halogens is 1. The lowest BCUT2D eigenvalue weighted by Gasteiger charge is -2.30. The van der Waals surface area contributed by atoms with Gasteiger partial charge >= 0.3 is 0 Å². The number of carbonyl (C=O) groups is 2. The van der Waals surface area contributed by atoms with Crippen LogP contribution in [0.1, 0.15) is 32.6 Å². The average molecular weight is 417 g/mol. The van der Waals surface area contributed by atoms with Crippen LogP contribution >= 0.6 is 0 Å². The first-order chi connectivity index (χ1) is 15.0. The topological polar surface area (TPSA) is 82.5 Å². The molecule has 7 heteroatoms. The number of rotatable bonds is 4. The van der Waals surface area contributed by atoms with E-state index in [0.717, 1.165) is 16.7 Å². The normalized spacial score (nSPS) is 13.5. The number of fused-ring (bicyclic) bond motifs is 1. The molecule has 0 atom stereocenters. The summed E-state index contributed by atoms with van der Waals surface area (Å²) < 4.78 is 13.5. The van der Waals surface area contributed by atoms with Crippen molar-refractivity contribution < 1.29 is 19.2 Å². The Bertz CT molecular complexity index is 1140. The summed E-state index contributed by atoms with van der Waals surface area (Å²) >= 11 is 0. The molecule has 2 amide bonds. The van der Waals surface area contributed by atoms with Gasteiger partial charge in [-0.3, -0.25) is 19.8 Å². The van der Waals surface area contributed by atoms with Gasteiger partial charge in [-0.1, -0.05) is 24.3 Å². The summed E-state index contributed by atoms with van der Waals surface area (Å²) in [5.74, 6) is -1.17. The summed E-state index contributed by atoms with van der Waals surface area (Å²) in [6.45, 7) is 0.843. The second kappa shape index (κ2) is 8.89. The fourth-order valence-electron chi connectivity index (χ4n) is 3.63. The lowest BCUT2D eigenvalue weighted by Crippen LogP contribution is -2.36. The second-order valence-electron chi connectivity index (χ2n) is 7.25. The fourth-order valence-corrected chi connectivity index (χ4v) is 3.63. The monoisotopic (exact) mass is 417 g/mol. The van der Waals surface area contributed by atoms with E-state index >= 15 is 0 Å². The summed E-state index contributed by atoms with van der Waals surface area (Å²) in [7, 11) is 0. The van der Waals surface area contributed by atoms with Crippen LogP contribution in [0.25, 0.3) is 11.6 Å². The summed E-state index contributed by atoms with van der Waals surface area (Å²) in [6.07, 6.45) is 5.69. The molecule has 1 aliphatic rings. The second-order valence-corrected chi connectivity index (χ2v) is 7.25. The lowest BCUT2D eigenvalue weighted by atomic mass is 9.95. The molecule has 0 unspecified atom stereocenters. The van der Waals surface area contributed by atoms with E-state index in [1.54, 1.807) is 59.2 Å². The molecule has 0 spiro atoms. The van der Waals surface area contributed by atoms with Gasteiger partial charge in [-0.25, -0.2) is 9.87 Å². The van der Waals surface area contributed by atoms with Crippen molar-refractivity contribution in [1.82, 2.24) is 15.4 Å². The van der Waals surface area contributed by atoms with Crippen LogP contribution in [0.4, 0.5) is 4.39 Å².